The van der Waals surface area contributed by atoms with Crippen molar-refractivity contribution in [2.24, 2.45) is 11.7 Å². The number of phenolic OH excluding ortho intramolecular Hbond substituents is 1. The minimum atomic E-state index is -0.163. The molecule has 0 unspecified atom stereocenters. The molecule has 0 bridgehead atoms. The van der Waals surface area contributed by atoms with Crippen molar-refractivity contribution in [3.05, 3.63) is 23.8 Å². The summed E-state index contributed by atoms with van der Waals surface area (Å²) in [6.07, 6.45) is 0. The van der Waals surface area contributed by atoms with Gasteiger partial charge in [-0.3, -0.25) is 0 Å². The van der Waals surface area contributed by atoms with Gasteiger partial charge in [-0.05, 0) is 24.1 Å². The van der Waals surface area contributed by atoms with Crippen molar-refractivity contribution >= 4 is 5.69 Å². The monoisotopic (exact) mass is 180 g/mol. The Morgan fingerprint density at radius 3 is 2.46 bits per heavy atom. The number of rotatable bonds is 2. The molecule has 0 spiro atoms. The molecule has 1 rings (SSSR count). The van der Waals surface area contributed by atoms with Gasteiger partial charge in [0.1, 0.15) is 5.75 Å². The van der Waals surface area contributed by atoms with Gasteiger partial charge in [-0.25, -0.2) is 0 Å². The van der Waals surface area contributed by atoms with Gasteiger partial charge >= 0.3 is 0 Å². The molecule has 5 N–H and O–H groups in total. The number of anilines is 1. The predicted octanol–water partition coefficient (Wildman–Crippen LogP) is 1.63. The number of phenols is 1. The summed E-state index contributed by atoms with van der Waals surface area (Å²) in [4.78, 5) is 0. The molecule has 0 aliphatic heterocycles. The number of benzene rings is 1. The molecule has 0 radical (unpaired) electrons. The van der Waals surface area contributed by atoms with Crippen LogP contribution in [0.15, 0.2) is 18.2 Å². The van der Waals surface area contributed by atoms with Gasteiger partial charge in [0.25, 0.3) is 0 Å². The molecule has 1 aromatic carbocycles. The number of nitrogen functional groups attached to an aromatic ring is 1. The molecular formula is C10H16N2O. The van der Waals surface area contributed by atoms with Crippen LogP contribution in [0.1, 0.15) is 25.5 Å². The molecule has 3 nitrogen and oxygen atoms in total. The van der Waals surface area contributed by atoms with E-state index in [1.54, 1.807) is 18.2 Å². The van der Waals surface area contributed by atoms with Gasteiger partial charge in [-0.2, -0.15) is 0 Å². The van der Waals surface area contributed by atoms with Gasteiger partial charge in [0, 0.05) is 17.3 Å². The molecular weight excluding hydrogens is 164 g/mol. The molecule has 0 saturated carbocycles. The highest BCUT2D eigenvalue weighted by molar-refractivity contribution is 5.48. The lowest BCUT2D eigenvalue weighted by Crippen LogP contribution is -2.16. The van der Waals surface area contributed by atoms with E-state index in [2.05, 4.69) is 0 Å². The lowest BCUT2D eigenvalue weighted by atomic mass is 9.96. The van der Waals surface area contributed by atoms with Crippen LogP contribution in [-0.2, 0) is 0 Å². The molecule has 3 heteroatoms. The van der Waals surface area contributed by atoms with Gasteiger partial charge in [-0.15, -0.1) is 0 Å². The first-order valence-electron chi connectivity index (χ1n) is 4.36. The van der Waals surface area contributed by atoms with E-state index >= 15 is 0 Å². The van der Waals surface area contributed by atoms with E-state index in [1.165, 1.54) is 0 Å². The normalized spacial score (nSPS) is 13.2. The minimum absolute atomic E-state index is 0.163. The van der Waals surface area contributed by atoms with Crippen molar-refractivity contribution in [3.8, 4) is 5.75 Å². The highest BCUT2D eigenvalue weighted by Crippen LogP contribution is 2.28. The molecule has 0 amide bonds. The van der Waals surface area contributed by atoms with Crippen LogP contribution in [0.5, 0.6) is 5.75 Å². The maximum Gasteiger partial charge on any atom is 0.120 e. The topological polar surface area (TPSA) is 72.3 Å². The third-order valence-electron chi connectivity index (χ3n) is 2.13. The molecule has 72 valence electrons. The second kappa shape index (κ2) is 3.66. The van der Waals surface area contributed by atoms with E-state index < -0.39 is 0 Å². The van der Waals surface area contributed by atoms with Crippen molar-refractivity contribution in [2.45, 2.75) is 19.9 Å². The van der Waals surface area contributed by atoms with E-state index in [0.29, 0.717) is 5.69 Å². The summed E-state index contributed by atoms with van der Waals surface area (Å²) in [6.45, 7) is 4.01. The summed E-state index contributed by atoms with van der Waals surface area (Å²) in [7, 11) is 0. The zero-order valence-corrected chi connectivity index (χ0v) is 7.99. The van der Waals surface area contributed by atoms with Crippen molar-refractivity contribution in [1.82, 2.24) is 0 Å². The average Bonchev–Trinajstić information content (AvgIpc) is 2.08. The van der Waals surface area contributed by atoms with E-state index in [9.17, 15) is 5.11 Å². The summed E-state index contributed by atoms with van der Waals surface area (Å²) < 4.78 is 0. The molecule has 0 fully saturated rings. The minimum Gasteiger partial charge on any atom is -0.508 e. The first-order chi connectivity index (χ1) is 6.02. The van der Waals surface area contributed by atoms with Gasteiger partial charge in [0.2, 0.25) is 0 Å². The number of hydrogen-bond donors (Lipinski definition) is 3. The largest absolute Gasteiger partial charge is 0.508 e. The summed E-state index contributed by atoms with van der Waals surface area (Å²) >= 11 is 0. The van der Waals surface area contributed by atoms with Crippen molar-refractivity contribution in [3.63, 3.8) is 0 Å². The van der Waals surface area contributed by atoms with E-state index in [1.807, 2.05) is 13.8 Å². The maximum atomic E-state index is 9.52. The highest BCUT2D eigenvalue weighted by Gasteiger charge is 2.14. The second-order valence-corrected chi connectivity index (χ2v) is 3.59. The van der Waals surface area contributed by atoms with E-state index in [-0.39, 0.29) is 17.7 Å². The Bertz CT molecular complexity index is 297. The number of nitrogens with two attached hydrogens (primary N) is 2. The van der Waals surface area contributed by atoms with Crippen LogP contribution in [0.25, 0.3) is 0 Å². The lowest BCUT2D eigenvalue weighted by Gasteiger charge is -2.17. The Labute approximate surface area is 78.4 Å². The molecule has 0 aliphatic rings. The molecule has 0 saturated heterocycles. The van der Waals surface area contributed by atoms with Crippen LogP contribution in [-0.4, -0.2) is 5.11 Å². The van der Waals surface area contributed by atoms with Crippen LogP contribution in [0.3, 0.4) is 0 Å². The standard InChI is InChI=1S/C10H16N2O/c1-6(2)10(12)8-5-7(11)3-4-9(8)13/h3-6,10,13H,11-12H2,1-2H3/t10-/m1/s1. The third kappa shape index (κ3) is 2.12. The Kier molecular flexibility index (Phi) is 2.78. The predicted molar refractivity (Wildman–Crippen MR) is 54.3 cm³/mol. The van der Waals surface area contributed by atoms with E-state index in [0.717, 1.165) is 5.56 Å². The van der Waals surface area contributed by atoms with Crippen molar-refractivity contribution in [1.29, 1.82) is 0 Å². The number of aromatic hydroxyl groups is 1. The summed E-state index contributed by atoms with van der Waals surface area (Å²) in [5.74, 6) is 0.503. The summed E-state index contributed by atoms with van der Waals surface area (Å²) in [5, 5.41) is 9.52. The fourth-order valence-corrected chi connectivity index (χ4v) is 1.20. The van der Waals surface area contributed by atoms with E-state index in [4.69, 9.17) is 11.5 Å². The Morgan fingerprint density at radius 2 is 1.92 bits per heavy atom. The third-order valence-corrected chi connectivity index (χ3v) is 2.13. The molecule has 13 heavy (non-hydrogen) atoms. The average molecular weight is 180 g/mol. The van der Waals surface area contributed by atoms with Crippen LogP contribution in [0, 0.1) is 5.92 Å². The van der Waals surface area contributed by atoms with Crippen molar-refractivity contribution in [2.75, 3.05) is 5.73 Å². The summed E-state index contributed by atoms with van der Waals surface area (Å²) in [6, 6.07) is 4.79. The zero-order valence-electron chi connectivity index (χ0n) is 7.99. The first-order valence-corrected chi connectivity index (χ1v) is 4.36. The second-order valence-electron chi connectivity index (χ2n) is 3.59. The Hall–Kier alpha value is -1.22. The van der Waals surface area contributed by atoms with Crippen molar-refractivity contribution < 1.29 is 5.11 Å². The smallest absolute Gasteiger partial charge is 0.120 e. The lowest BCUT2D eigenvalue weighted by molar-refractivity contribution is 0.440. The molecule has 0 heterocycles. The summed E-state index contributed by atoms with van der Waals surface area (Å²) in [5.41, 5.74) is 12.8. The molecule has 0 aromatic heterocycles. The SMILES string of the molecule is CC(C)[C@@H](N)c1cc(N)ccc1O. The Balaban J connectivity index is 3.05. The van der Waals surface area contributed by atoms with Gasteiger partial charge < -0.3 is 16.6 Å². The number of hydrogen-bond acceptors (Lipinski definition) is 3. The van der Waals surface area contributed by atoms with Gasteiger partial charge in [0.15, 0.2) is 0 Å². The quantitative estimate of drug-likeness (QED) is 0.478. The fourth-order valence-electron chi connectivity index (χ4n) is 1.20. The fraction of sp³-hybridized carbons (Fsp3) is 0.400. The highest BCUT2D eigenvalue weighted by atomic mass is 16.3. The first kappa shape index (κ1) is 9.86. The van der Waals surface area contributed by atoms with Gasteiger partial charge in [0.05, 0.1) is 0 Å². The molecule has 1 aromatic rings. The van der Waals surface area contributed by atoms with Crippen LogP contribution < -0.4 is 11.5 Å². The van der Waals surface area contributed by atoms with Gasteiger partial charge in [-0.1, -0.05) is 13.8 Å². The maximum absolute atomic E-state index is 9.52. The van der Waals surface area contributed by atoms with Crippen LogP contribution >= 0.6 is 0 Å². The zero-order chi connectivity index (χ0) is 10.0. The van der Waals surface area contributed by atoms with Crippen LogP contribution in [0.2, 0.25) is 0 Å². The molecule has 1 atom stereocenters. The van der Waals surface area contributed by atoms with Crippen LogP contribution in [0.4, 0.5) is 5.69 Å². The Morgan fingerprint density at radius 1 is 1.31 bits per heavy atom. The molecule has 0 aliphatic carbocycles.